The summed E-state index contributed by atoms with van der Waals surface area (Å²) in [4.78, 5) is 18.1. The van der Waals surface area contributed by atoms with Gasteiger partial charge < -0.3 is 4.90 Å². The lowest BCUT2D eigenvalue weighted by Gasteiger charge is -2.29. The van der Waals surface area contributed by atoms with E-state index in [0.29, 0.717) is 17.4 Å². The molecule has 0 N–H and O–H groups in total. The summed E-state index contributed by atoms with van der Waals surface area (Å²) >= 11 is 7.62. The first-order valence-corrected chi connectivity index (χ1v) is 10.8. The highest BCUT2D eigenvalue weighted by Gasteiger charge is 2.54. The maximum Gasteiger partial charge on any atom is 0.233 e. The molecular weight excluding hydrogens is 394 g/mol. The van der Waals surface area contributed by atoms with E-state index in [2.05, 4.69) is 15.4 Å². The molecule has 5 rings (SSSR count). The first kappa shape index (κ1) is 17.8. The third-order valence-corrected chi connectivity index (χ3v) is 6.88. The highest BCUT2D eigenvalue weighted by molar-refractivity contribution is 7.13. The second-order valence-corrected chi connectivity index (χ2v) is 8.91. The van der Waals surface area contributed by atoms with E-state index >= 15 is 0 Å². The van der Waals surface area contributed by atoms with E-state index in [1.54, 1.807) is 16.1 Å². The average molecular weight is 414 g/mol. The van der Waals surface area contributed by atoms with Crippen LogP contribution in [0.15, 0.2) is 41.8 Å². The molecular formula is C20H20ClN5OS. The number of hydrogen-bond donors (Lipinski definition) is 0. The number of rotatable bonds is 5. The summed E-state index contributed by atoms with van der Waals surface area (Å²) in [5.41, 5.74) is 0.705. The van der Waals surface area contributed by atoms with Crippen LogP contribution in [0.1, 0.15) is 31.2 Å². The normalized spacial score (nSPS) is 20.5. The van der Waals surface area contributed by atoms with Crippen LogP contribution in [0, 0.1) is 0 Å². The lowest BCUT2D eigenvalue weighted by atomic mass is 9.94. The minimum absolute atomic E-state index is 0.114. The number of tetrazole rings is 1. The van der Waals surface area contributed by atoms with E-state index in [0.717, 1.165) is 42.7 Å². The molecule has 0 bridgehead atoms. The van der Waals surface area contributed by atoms with E-state index in [4.69, 9.17) is 11.6 Å². The minimum Gasteiger partial charge on any atom is -0.337 e. The fraction of sp³-hybridized carbons (Fsp3) is 0.400. The second kappa shape index (κ2) is 6.97. The summed E-state index contributed by atoms with van der Waals surface area (Å²) in [7, 11) is 0. The van der Waals surface area contributed by atoms with Crippen molar-refractivity contribution < 1.29 is 4.79 Å². The van der Waals surface area contributed by atoms with Gasteiger partial charge in [-0.25, -0.2) is 0 Å². The Morgan fingerprint density at radius 2 is 2.07 bits per heavy atom. The maximum atomic E-state index is 13.4. The van der Waals surface area contributed by atoms with Crippen LogP contribution in [0.25, 0.3) is 10.7 Å². The molecule has 2 aromatic heterocycles. The van der Waals surface area contributed by atoms with Gasteiger partial charge in [-0.1, -0.05) is 29.8 Å². The molecule has 6 nitrogen and oxygen atoms in total. The zero-order valence-electron chi connectivity index (χ0n) is 15.3. The Kier molecular flexibility index (Phi) is 4.44. The van der Waals surface area contributed by atoms with Crippen molar-refractivity contribution in [3.8, 4) is 10.7 Å². The number of hydrogen-bond acceptors (Lipinski definition) is 5. The molecule has 2 aliphatic rings. The molecule has 28 heavy (non-hydrogen) atoms. The zero-order valence-corrected chi connectivity index (χ0v) is 16.9. The summed E-state index contributed by atoms with van der Waals surface area (Å²) in [6.45, 7) is 1.38. The third-order valence-electron chi connectivity index (χ3n) is 5.76. The van der Waals surface area contributed by atoms with E-state index < -0.39 is 0 Å². The Labute approximate surface area is 172 Å². The van der Waals surface area contributed by atoms with Crippen molar-refractivity contribution >= 4 is 28.8 Å². The molecule has 1 atom stereocenters. The van der Waals surface area contributed by atoms with Gasteiger partial charge in [0, 0.05) is 11.6 Å². The standard InChI is InChI=1S/C20H20ClN5OS/c21-15-7-5-14(6-8-15)20(9-10-20)19(27)25-11-1-3-16(25)13-26-23-18(22-24-26)17-4-2-12-28-17/h2,4-8,12,16H,1,3,9-11,13H2/t16-/m0/s1. The molecule has 144 valence electrons. The van der Waals surface area contributed by atoms with Crippen LogP contribution in [0.5, 0.6) is 0 Å². The van der Waals surface area contributed by atoms with E-state index in [1.807, 2.05) is 46.7 Å². The molecule has 3 aromatic rings. The summed E-state index contributed by atoms with van der Waals surface area (Å²) in [6.07, 6.45) is 3.79. The Morgan fingerprint density at radius 1 is 1.25 bits per heavy atom. The Balaban J connectivity index is 1.33. The second-order valence-electron chi connectivity index (χ2n) is 7.53. The number of halogens is 1. The van der Waals surface area contributed by atoms with Crippen molar-refractivity contribution in [1.82, 2.24) is 25.1 Å². The SMILES string of the molecule is O=C(N1CCC[C@H]1Cn1nnc(-c2cccs2)n1)C1(c2ccc(Cl)cc2)CC1. The fourth-order valence-corrected chi connectivity index (χ4v) is 4.88. The van der Waals surface area contributed by atoms with Crippen molar-refractivity contribution in [2.24, 2.45) is 0 Å². The number of likely N-dealkylation sites (tertiary alicyclic amines) is 1. The van der Waals surface area contributed by atoms with Gasteiger partial charge >= 0.3 is 0 Å². The zero-order chi connectivity index (χ0) is 19.1. The Morgan fingerprint density at radius 3 is 2.79 bits per heavy atom. The van der Waals surface area contributed by atoms with Crippen molar-refractivity contribution in [3.63, 3.8) is 0 Å². The van der Waals surface area contributed by atoms with Gasteiger partial charge in [-0.3, -0.25) is 4.79 Å². The first-order chi connectivity index (χ1) is 13.7. The molecule has 1 aromatic carbocycles. The maximum absolute atomic E-state index is 13.4. The number of nitrogens with zero attached hydrogens (tertiary/aromatic N) is 5. The van der Waals surface area contributed by atoms with Crippen LogP contribution >= 0.6 is 22.9 Å². The lowest BCUT2D eigenvalue weighted by molar-refractivity contribution is -0.135. The monoisotopic (exact) mass is 413 g/mol. The number of benzene rings is 1. The topological polar surface area (TPSA) is 63.9 Å². The number of aromatic nitrogens is 4. The Bertz CT molecular complexity index is 980. The van der Waals surface area contributed by atoms with Crippen LogP contribution in [0.4, 0.5) is 0 Å². The highest BCUT2D eigenvalue weighted by atomic mass is 35.5. The van der Waals surface area contributed by atoms with Crippen LogP contribution in [-0.2, 0) is 16.8 Å². The van der Waals surface area contributed by atoms with Gasteiger partial charge in [0.15, 0.2) is 0 Å². The lowest BCUT2D eigenvalue weighted by Crippen LogP contribution is -2.44. The minimum atomic E-state index is -0.370. The van der Waals surface area contributed by atoms with Crippen molar-refractivity contribution in [1.29, 1.82) is 0 Å². The molecule has 2 fully saturated rings. The van der Waals surface area contributed by atoms with Gasteiger partial charge in [-0.2, -0.15) is 4.80 Å². The van der Waals surface area contributed by atoms with E-state index in [-0.39, 0.29) is 17.4 Å². The number of carbonyl (C=O) groups excluding carboxylic acids is 1. The van der Waals surface area contributed by atoms with Crippen molar-refractivity contribution in [2.75, 3.05) is 6.54 Å². The van der Waals surface area contributed by atoms with Crippen LogP contribution in [0.2, 0.25) is 5.02 Å². The predicted octanol–water partition coefficient (Wildman–Crippen LogP) is 3.78. The van der Waals surface area contributed by atoms with Gasteiger partial charge in [0.2, 0.25) is 11.7 Å². The summed E-state index contributed by atoms with van der Waals surface area (Å²) in [6, 6.07) is 11.8. The van der Waals surface area contributed by atoms with Gasteiger partial charge in [-0.15, -0.1) is 21.5 Å². The van der Waals surface area contributed by atoms with Crippen molar-refractivity contribution in [3.05, 3.63) is 52.4 Å². The van der Waals surface area contributed by atoms with Gasteiger partial charge in [0.1, 0.15) is 0 Å². The molecule has 1 aliphatic carbocycles. The first-order valence-electron chi connectivity index (χ1n) is 9.54. The molecule has 1 aliphatic heterocycles. The molecule has 1 amide bonds. The predicted molar refractivity (Wildman–Crippen MR) is 108 cm³/mol. The third kappa shape index (κ3) is 3.12. The van der Waals surface area contributed by atoms with E-state index in [9.17, 15) is 4.79 Å². The van der Waals surface area contributed by atoms with Gasteiger partial charge in [-0.05, 0) is 60.0 Å². The number of thiophene rings is 1. The molecule has 3 heterocycles. The molecule has 8 heteroatoms. The summed E-state index contributed by atoms with van der Waals surface area (Å²) in [5.74, 6) is 0.876. The highest BCUT2D eigenvalue weighted by Crippen LogP contribution is 2.50. The quantitative estimate of drug-likeness (QED) is 0.638. The summed E-state index contributed by atoms with van der Waals surface area (Å²) in [5, 5.41) is 15.6. The van der Waals surface area contributed by atoms with E-state index in [1.165, 1.54) is 0 Å². The van der Waals surface area contributed by atoms with Crippen LogP contribution in [-0.4, -0.2) is 43.6 Å². The molecule has 1 saturated heterocycles. The smallest absolute Gasteiger partial charge is 0.233 e. The molecule has 0 radical (unpaired) electrons. The van der Waals surface area contributed by atoms with Crippen LogP contribution < -0.4 is 0 Å². The van der Waals surface area contributed by atoms with Crippen molar-refractivity contribution in [2.45, 2.75) is 43.7 Å². The van der Waals surface area contributed by atoms with Gasteiger partial charge in [0.25, 0.3) is 0 Å². The Hall–Kier alpha value is -2.25. The fourth-order valence-electron chi connectivity index (χ4n) is 4.10. The number of amides is 1. The largest absolute Gasteiger partial charge is 0.337 e. The molecule has 1 saturated carbocycles. The molecule has 0 spiro atoms. The van der Waals surface area contributed by atoms with Crippen LogP contribution in [0.3, 0.4) is 0 Å². The summed E-state index contributed by atoms with van der Waals surface area (Å²) < 4.78 is 0. The number of carbonyl (C=O) groups is 1. The average Bonchev–Trinajstić information content (AvgIpc) is 3.12. The van der Waals surface area contributed by atoms with Gasteiger partial charge in [0.05, 0.1) is 22.9 Å². The molecule has 0 unspecified atom stereocenters.